The highest BCUT2D eigenvalue weighted by atomic mass is 16.6. The molecule has 0 heterocycles. The van der Waals surface area contributed by atoms with Crippen LogP contribution in [0.1, 0.15) is 33.3 Å². The Kier molecular flexibility index (Phi) is 7.12. The lowest BCUT2D eigenvalue weighted by Crippen LogP contribution is -2.47. The van der Waals surface area contributed by atoms with Gasteiger partial charge in [-0.05, 0) is 45.4 Å². The van der Waals surface area contributed by atoms with E-state index in [1.165, 1.54) is 0 Å². The molecule has 3 N–H and O–H groups in total. The van der Waals surface area contributed by atoms with Crippen LogP contribution in [0.5, 0.6) is 5.75 Å². The van der Waals surface area contributed by atoms with Crippen molar-refractivity contribution in [1.29, 1.82) is 0 Å². The zero-order valence-corrected chi connectivity index (χ0v) is 14.5. The number of rotatable bonds is 6. The molecular formula is C18H24N2O4. The van der Waals surface area contributed by atoms with Crippen LogP contribution in [0.25, 0.3) is 0 Å². The molecule has 130 valence electrons. The number of amides is 2. The third-order valence-electron chi connectivity index (χ3n) is 2.89. The molecule has 0 bridgehead atoms. The van der Waals surface area contributed by atoms with Gasteiger partial charge in [-0.3, -0.25) is 4.79 Å². The first-order valence-electron chi connectivity index (χ1n) is 7.61. The van der Waals surface area contributed by atoms with Crippen molar-refractivity contribution in [3.63, 3.8) is 0 Å². The van der Waals surface area contributed by atoms with Crippen molar-refractivity contribution in [3.8, 4) is 17.6 Å². The molecule has 24 heavy (non-hydrogen) atoms. The van der Waals surface area contributed by atoms with Crippen molar-refractivity contribution < 1.29 is 19.1 Å². The molecular weight excluding hydrogens is 308 g/mol. The summed E-state index contributed by atoms with van der Waals surface area (Å²) in [4.78, 5) is 23.3. The monoisotopic (exact) mass is 332 g/mol. The molecule has 2 amide bonds. The van der Waals surface area contributed by atoms with Crippen LogP contribution in [0, 0.1) is 11.8 Å². The van der Waals surface area contributed by atoms with Gasteiger partial charge in [0.2, 0.25) is 5.91 Å². The predicted octanol–water partition coefficient (Wildman–Crippen LogP) is 2.01. The maximum Gasteiger partial charge on any atom is 0.408 e. The van der Waals surface area contributed by atoms with Crippen molar-refractivity contribution in [1.82, 2.24) is 5.32 Å². The molecule has 0 radical (unpaired) electrons. The summed E-state index contributed by atoms with van der Waals surface area (Å²) in [5.41, 5.74) is 5.55. The van der Waals surface area contributed by atoms with Crippen LogP contribution < -0.4 is 15.8 Å². The summed E-state index contributed by atoms with van der Waals surface area (Å²) in [5.74, 6) is 5.60. The molecule has 6 heteroatoms. The van der Waals surface area contributed by atoms with E-state index in [2.05, 4.69) is 17.2 Å². The normalized spacial score (nSPS) is 11.7. The topological polar surface area (TPSA) is 90.7 Å². The first kappa shape index (κ1) is 19.4. The summed E-state index contributed by atoms with van der Waals surface area (Å²) in [6.07, 6.45) is -0.409. The summed E-state index contributed by atoms with van der Waals surface area (Å²) in [5, 5.41) is 2.49. The van der Waals surface area contributed by atoms with Crippen LogP contribution in [0.4, 0.5) is 4.79 Å². The van der Waals surface area contributed by atoms with Crippen LogP contribution in [0.2, 0.25) is 0 Å². The van der Waals surface area contributed by atoms with Crippen molar-refractivity contribution in [3.05, 3.63) is 29.8 Å². The third-order valence-corrected chi connectivity index (χ3v) is 2.89. The van der Waals surface area contributed by atoms with Crippen LogP contribution in [-0.2, 0) is 16.0 Å². The molecule has 0 spiro atoms. The Morgan fingerprint density at radius 3 is 2.38 bits per heavy atom. The molecule has 0 saturated carbocycles. The van der Waals surface area contributed by atoms with E-state index >= 15 is 0 Å². The molecule has 0 aliphatic carbocycles. The number of carbonyl (C=O) groups excluding carboxylic acids is 2. The second kappa shape index (κ2) is 8.82. The lowest BCUT2D eigenvalue weighted by Gasteiger charge is -2.22. The maximum atomic E-state index is 11.8. The Morgan fingerprint density at radius 2 is 1.88 bits per heavy atom. The summed E-state index contributed by atoms with van der Waals surface area (Å²) in [7, 11) is 0. The number of benzene rings is 1. The van der Waals surface area contributed by atoms with E-state index in [-0.39, 0.29) is 6.42 Å². The van der Waals surface area contributed by atoms with Gasteiger partial charge in [0.1, 0.15) is 24.0 Å². The van der Waals surface area contributed by atoms with Crippen molar-refractivity contribution >= 4 is 12.0 Å². The van der Waals surface area contributed by atoms with Gasteiger partial charge in [-0.25, -0.2) is 4.79 Å². The van der Waals surface area contributed by atoms with E-state index in [1.54, 1.807) is 52.0 Å². The summed E-state index contributed by atoms with van der Waals surface area (Å²) in [6, 6.07) is 6.32. The van der Waals surface area contributed by atoms with E-state index in [0.29, 0.717) is 12.4 Å². The Hall–Kier alpha value is -2.68. The van der Waals surface area contributed by atoms with Crippen LogP contribution >= 0.6 is 0 Å². The average Bonchev–Trinajstić information content (AvgIpc) is 2.46. The maximum absolute atomic E-state index is 11.8. The first-order valence-corrected chi connectivity index (χ1v) is 7.61. The molecule has 1 aromatic carbocycles. The minimum absolute atomic E-state index is 0.267. The summed E-state index contributed by atoms with van der Waals surface area (Å²) in [6.45, 7) is 7.29. The third kappa shape index (κ3) is 7.54. The summed E-state index contributed by atoms with van der Waals surface area (Å²) >= 11 is 0. The van der Waals surface area contributed by atoms with Gasteiger partial charge in [0, 0.05) is 6.42 Å². The number of hydrogen-bond donors (Lipinski definition) is 2. The van der Waals surface area contributed by atoms with Crippen LogP contribution in [-0.4, -0.2) is 30.3 Å². The molecule has 0 unspecified atom stereocenters. The molecule has 0 aliphatic rings. The Labute approximate surface area is 142 Å². The van der Waals surface area contributed by atoms with Gasteiger partial charge in [0.05, 0.1) is 0 Å². The molecule has 0 saturated heterocycles. The van der Waals surface area contributed by atoms with E-state index in [0.717, 1.165) is 5.56 Å². The van der Waals surface area contributed by atoms with Crippen LogP contribution in [0.3, 0.4) is 0 Å². The van der Waals surface area contributed by atoms with Crippen molar-refractivity contribution in [2.24, 2.45) is 5.73 Å². The number of hydrogen-bond acceptors (Lipinski definition) is 4. The Bertz CT molecular complexity index is 621. The smallest absolute Gasteiger partial charge is 0.408 e. The number of primary amides is 1. The average molecular weight is 332 g/mol. The Balaban J connectivity index is 2.66. The van der Waals surface area contributed by atoms with Crippen molar-refractivity contribution in [2.45, 2.75) is 45.8 Å². The SMILES string of the molecule is CC#CCOc1ccc(C[C@H](NC(=O)OC(C)(C)C)C(N)=O)cc1. The van der Waals surface area contributed by atoms with Gasteiger partial charge in [-0.1, -0.05) is 18.1 Å². The van der Waals surface area contributed by atoms with E-state index in [1.807, 2.05) is 0 Å². The van der Waals surface area contributed by atoms with Crippen LogP contribution in [0.15, 0.2) is 24.3 Å². The molecule has 0 fully saturated rings. The molecule has 1 aromatic rings. The lowest BCUT2D eigenvalue weighted by molar-refractivity contribution is -0.120. The highest BCUT2D eigenvalue weighted by Crippen LogP contribution is 2.14. The Morgan fingerprint density at radius 1 is 1.25 bits per heavy atom. The predicted molar refractivity (Wildman–Crippen MR) is 91.4 cm³/mol. The minimum Gasteiger partial charge on any atom is -0.481 e. The number of alkyl carbamates (subject to hydrolysis) is 1. The van der Waals surface area contributed by atoms with Crippen molar-refractivity contribution in [2.75, 3.05) is 6.61 Å². The van der Waals surface area contributed by atoms with Gasteiger partial charge in [0.15, 0.2) is 0 Å². The molecule has 6 nitrogen and oxygen atoms in total. The number of ether oxygens (including phenoxy) is 2. The zero-order chi connectivity index (χ0) is 18.2. The number of nitrogens with one attached hydrogen (secondary N) is 1. The second-order valence-corrected chi connectivity index (χ2v) is 6.16. The molecule has 1 atom stereocenters. The minimum atomic E-state index is -0.849. The second-order valence-electron chi connectivity index (χ2n) is 6.16. The van der Waals surface area contributed by atoms with E-state index in [9.17, 15) is 9.59 Å². The van der Waals surface area contributed by atoms with Gasteiger partial charge in [-0.2, -0.15) is 0 Å². The first-order chi connectivity index (χ1) is 11.2. The fraction of sp³-hybridized carbons (Fsp3) is 0.444. The standard InChI is InChI=1S/C18H24N2O4/c1-5-6-11-23-14-9-7-13(8-10-14)12-15(16(19)21)20-17(22)24-18(2,3)4/h7-10,15H,11-12H2,1-4H3,(H2,19,21)(H,20,22)/t15-/m0/s1. The van der Waals surface area contributed by atoms with Gasteiger partial charge < -0.3 is 20.5 Å². The summed E-state index contributed by atoms with van der Waals surface area (Å²) < 4.78 is 10.6. The highest BCUT2D eigenvalue weighted by Gasteiger charge is 2.22. The lowest BCUT2D eigenvalue weighted by atomic mass is 10.1. The largest absolute Gasteiger partial charge is 0.481 e. The fourth-order valence-electron chi connectivity index (χ4n) is 1.82. The molecule has 1 rings (SSSR count). The highest BCUT2D eigenvalue weighted by molar-refractivity contribution is 5.84. The van der Waals surface area contributed by atoms with Gasteiger partial charge in [-0.15, -0.1) is 5.92 Å². The van der Waals surface area contributed by atoms with E-state index in [4.69, 9.17) is 15.2 Å². The number of carbonyl (C=O) groups is 2. The molecule has 0 aliphatic heterocycles. The van der Waals surface area contributed by atoms with Gasteiger partial charge in [0.25, 0.3) is 0 Å². The molecule has 0 aromatic heterocycles. The number of nitrogens with two attached hydrogens (primary N) is 1. The quantitative estimate of drug-likeness (QED) is 0.780. The van der Waals surface area contributed by atoms with Gasteiger partial charge >= 0.3 is 6.09 Å². The fourth-order valence-corrected chi connectivity index (χ4v) is 1.82. The van der Waals surface area contributed by atoms with E-state index < -0.39 is 23.6 Å². The zero-order valence-electron chi connectivity index (χ0n) is 14.5.